The van der Waals surface area contributed by atoms with Crippen LogP contribution in [0.3, 0.4) is 0 Å². The lowest BCUT2D eigenvalue weighted by molar-refractivity contribution is 0.448. The van der Waals surface area contributed by atoms with Crippen molar-refractivity contribution in [2.45, 2.75) is 52.6 Å². The molecule has 0 heterocycles. The van der Waals surface area contributed by atoms with Gasteiger partial charge in [0.25, 0.3) is 0 Å². The summed E-state index contributed by atoms with van der Waals surface area (Å²) < 4.78 is 0. The van der Waals surface area contributed by atoms with E-state index in [1.54, 1.807) is 0 Å². The molecule has 0 aliphatic carbocycles. The second kappa shape index (κ2) is 6.18. The summed E-state index contributed by atoms with van der Waals surface area (Å²) in [6, 6.07) is 6.61. The smallest absolute Gasteiger partial charge is 0.0208 e. The van der Waals surface area contributed by atoms with Crippen LogP contribution < -0.4 is 11.1 Å². The van der Waals surface area contributed by atoms with Crippen LogP contribution in [0.15, 0.2) is 18.2 Å². The Kier molecular flexibility index (Phi) is 5.16. The van der Waals surface area contributed by atoms with E-state index in [9.17, 15) is 0 Å². The molecule has 0 bridgehead atoms. The van der Waals surface area contributed by atoms with Gasteiger partial charge in [0.2, 0.25) is 0 Å². The Morgan fingerprint density at radius 2 is 1.94 bits per heavy atom. The molecule has 2 nitrogen and oxygen atoms in total. The van der Waals surface area contributed by atoms with E-state index in [0.29, 0.717) is 0 Å². The van der Waals surface area contributed by atoms with Crippen molar-refractivity contribution in [3.8, 4) is 0 Å². The van der Waals surface area contributed by atoms with Crippen molar-refractivity contribution < 1.29 is 0 Å². The number of nitrogens with two attached hydrogens (primary N) is 1. The maximum Gasteiger partial charge on any atom is 0.0208 e. The highest BCUT2D eigenvalue weighted by Gasteiger charge is 2.08. The van der Waals surface area contributed by atoms with Gasteiger partial charge in [-0.15, -0.1) is 0 Å². The van der Waals surface area contributed by atoms with Gasteiger partial charge in [-0.25, -0.2) is 0 Å². The number of hydrogen-bond donors (Lipinski definition) is 2. The van der Waals surface area contributed by atoms with Crippen molar-refractivity contribution in [3.63, 3.8) is 0 Å². The van der Waals surface area contributed by atoms with Crippen molar-refractivity contribution in [1.29, 1.82) is 0 Å². The van der Waals surface area contributed by atoms with Gasteiger partial charge in [-0.2, -0.15) is 0 Å². The fourth-order valence-corrected chi connectivity index (χ4v) is 1.88. The number of hydrogen-bond acceptors (Lipinski definition) is 2. The fourth-order valence-electron chi connectivity index (χ4n) is 1.88. The van der Waals surface area contributed by atoms with Crippen LogP contribution in [-0.4, -0.2) is 12.1 Å². The van der Waals surface area contributed by atoms with E-state index in [1.807, 2.05) is 0 Å². The molecule has 0 aliphatic heterocycles. The zero-order chi connectivity index (χ0) is 12.9. The molecule has 0 saturated carbocycles. The quantitative estimate of drug-likeness (QED) is 0.743. The van der Waals surface area contributed by atoms with Crippen LogP contribution >= 0.6 is 0 Å². The summed E-state index contributed by atoms with van der Waals surface area (Å²) in [6.45, 7) is 10.5. The van der Waals surface area contributed by atoms with E-state index < -0.39 is 0 Å². The molecule has 1 aromatic carbocycles. The van der Waals surface area contributed by atoms with Gasteiger partial charge in [-0.1, -0.05) is 23.8 Å². The predicted molar refractivity (Wildman–Crippen MR) is 75.1 cm³/mol. The van der Waals surface area contributed by atoms with Gasteiger partial charge in [0.15, 0.2) is 0 Å². The van der Waals surface area contributed by atoms with Gasteiger partial charge < -0.3 is 11.1 Å². The molecule has 2 heteroatoms. The first-order valence-corrected chi connectivity index (χ1v) is 6.44. The van der Waals surface area contributed by atoms with E-state index >= 15 is 0 Å². The summed E-state index contributed by atoms with van der Waals surface area (Å²) >= 11 is 0. The topological polar surface area (TPSA) is 38.0 Å². The second-order valence-electron chi connectivity index (χ2n) is 5.70. The molecule has 0 saturated heterocycles. The predicted octanol–water partition coefficient (Wildman–Crippen LogP) is 2.91. The van der Waals surface area contributed by atoms with E-state index in [1.165, 1.54) is 16.7 Å². The van der Waals surface area contributed by atoms with E-state index in [2.05, 4.69) is 51.2 Å². The first-order valence-electron chi connectivity index (χ1n) is 6.44. The molecule has 0 aromatic heterocycles. The average Bonchev–Trinajstić information content (AvgIpc) is 2.21. The molecule has 17 heavy (non-hydrogen) atoms. The highest BCUT2D eigenvalue weighted by Crippen LogP contribution is 2.10. The van der Waals surface area contributed by atoms with E-state index in [-0.39, 0.29) is 5.54 Å². The third-order valence-corrected chi connectivity index (χ3v) is 2.99. The lowest BCUT2D eigenvalue weighted by atomic mass is 10.0. The van der Waals surface area contributed by atoms with Gasteiger partial charge >= 0.3 is 0 Å². The van der Waals surface area contributed by atoms with E-state index in [0.717, 1.165) is 25.9 Å². The van der Waals surface area contributed by atoms with Crippen LogP contribution in [0.2, 0.25) is 0 Å². The van der Waals surface area contributed by atoms with Crippen molar-refractivity contribution >= 4 is 0 Å². The number of nitrogens with one attached hydrogen (secondary N) is 1. The van der Waals surface area contributed by atoms with Gasteiger partial charge in [-0.05, 0) is 58.2 Å². The Hall–Kier alpha value is -0.860. The maximum absolute atomic E-state index is 5.95. The summed E-state index contributed by atoms with van der Waals surface area (Å²) in [5.41, 5.74) is 10.00. The molecule has 0 unspecified atom stereocenters. The molecule has 96 valence electrons. The Morgan fingerprint density at radius 3 is 2.59 bits per heavy atom. The summed E-state index contributed by atoms with van der Waals surface area (Å²) in [5, 5.41) is 3.49. The average molecular weight is 234 g/mol. The SMILES string of the molecule is Cc1ccc(C)c(CNCCCC(C)(C)N)c1. The van der Waals surface area contributed by atoms with Crippen LogP contribution in [0, 0.1) is 13.8 Å². The minimum Gasteiger partial charge on any atom is -0.326 e. The molecule has 0 aliphatic rings. The normalized spacial score (nSPS) is 11.8. The van der Waals surface area contributed by atoms with Crippen LogP contribution in [0.25, 0.3) is 0 Å². The van der Waals surface area contributed by atoms with Crippen molar-refractivity contribution in [2.24, 2.45) is 5.73 Å². The molecule has 0 radical (unpaired) electrons. The van der Waals surface area contributed by atoms with Crippen molar-refractivity contribution in [3.05, 3.63) is 34.9 Å². The van der Waals surface area contributed by atoms with Gasteiger partial charge in [-0.3, -0.25) is 0 Å². The standard InChI is InChI=1S/C15H26N2/c1-12-6-7-13(2)14(10-12)11-17-9-5-8-15(3,4)16/h6-7,10,17H,5,8-9,11,16H2,1-4H3. The first kappa shape index (κ1) is 14.2. The van der Waals surface area contributed by atoms with Crippen LogP contribution in [0.5, 0.6) is 0 Å². The zero-order valence-electron chi connectivity index (χ0n) is 11.6. The molecule has 1 rings (SSSR count). The summed E-state index contributed by atoms with van der Waals surface area (Å²) in [5.74, 6) is 0. The molecule has 3 N–H and O–H groups in total. The van der Waals surface area contributed by atoms with Gasteiger partial charge in [0, 0.05) is 12.1 Å². The van der Waals surface area contributed by atoms with E-state index in [4.69, 9.17) is 5.73 Å². The number of benzene rings is 1. The summed E-state index contributed by atoms with van der Waals surface area (Å²) in [4.78, 5) is 0. The zero-order valence-corrected chi connectivity index (χ0v) is 11.6. The lowest BCUT2D eigenvalue weighted by Gasteiger charge is -2.18. The van der Waals surface area contributed by atoms with Gasteiger partial charge in [0.1, 0.15) is 0 Å². The lowest BCUT2D eigenvalue weighted by Crippen LogP contribution is -2.32. The molecule has 0 atom stereocenters. The largest absolute Gasteiger partial charge is 0.326 e. The van der Waals surface area contributed by atoms with Crippen molar-refractivity contribution in [2.75, 3.05) is 6.54 Å². The Morgan fingerprint density at radius 1 is 1.24 bits per heavy atom. The maximum atomic E-state index is 5.95. The third-order valence-electron chi connectivity index (χ3n) is 2.99. The molecule has 0 amide bonds. The third kappa shape index (κ3) is 5.85. The molecule has 0 spiro atoms. The number of rotatable bonds is 6. The summed E-state index contributed by atoms with van der Waals surface area (Å²) in [7, 11) is 0. The monoisotopic (exact) mass is 234 g/mol. The minimum atomic E-state index is -0.0407. The number of aryl methyl sites for hydroxylation is 2. The summed E-state index contributed by atoms with van der Waals surface area (Å²) in [6.07, 6.45) is 2.20. The molecular formula is C15H26N2. The first-order chi connectivity index (χ1) is 7.88. The van der Waals surface area contributed by atoms with Crippen LogP contribution in [0.4, 0.5) is 0 Å². The highest BCUT2D eigenvalue weighted by molar-refractivity contribution is 5.30. The van der Waals surface area contributed by atoms with Crippen LogP contribution in [0.1, 0.15) is 43.4 Å². The van der Waals surface area contributed by atoms with Crippen LogP contribution in [-0.2, 0) is 6.54 Å². The fraction of sp³-hybridized carbons (Fsp3) is 0.600. The van der Waals surface area contributed by atoms with Crippen molar-refractivity contribution in [1.82, 2.24) is 5.32 Å². The molecular weight excluding hydrogens is 208 g/mol. The Bertz CT molecular complexity index is 350. The minimum absolute atomic E-state index is 0.0407. The van der Waals surface area contributed by atoms with Gasteiger partial charge in [0.05, 0.1) is 0 Å². The second-order valence-corrected chi connectivity index (χ2v) is 5.70. The highest BCUT2D eigenvalue weighted by atomic mass is 14.8. The Balaban J connectivity index is 2.29. The Labute approximate surface area is 106 Å². The molecule has 0 fully saturated rings. The molecule has 1 aromatic rings.